The first-order chi connectivity index (χ1) is 7.81. The summed E-state index contributed by atoms with van der Waals surface area (Å²) in [4.78, 5) is 0. The zero-order chi connectivity index (χ0) is 12.5. The average molecular weight is 234 g/mol. The van der Waals surface area contributed by atoms with Gasteiger partial charge < -0.3 is 4.74 Å². The van der Waals surface area contributed by atoms with Gasteiger partial charge in [0.15, 0.2) is 0 Å². The highest BCUT2D eigenvalue weighted by atomic mass is 16.6. The van der Waals surface area contributed by atoms with Gasteiger partial charge in [-0.3, -0.25) is 0 Å². The maximum absolute atomic E-state index is 5.95. The van der Waals surface area contributed by atoms with Crippen LogP contribution in [0.3, 0.4) is 0 Å². The summed E-state index contributed by atoms with van der Waals surface area (Å²) < 4.78 is 5.95. The molecular formula is C16H26O. The second-order valence-electron chi connectivity index (χ2n) is 7.56. The van der Waals surface area contributed by atoms with Crippen LogP contribution in [0.4, 0.5) is 0 Å². The van der Waals surface area contributed by atoms with Crippen LogP contribution in [-0.2, 0) is 4.74 Å². The van der Waals surface area contributed by atoms with E-state index in [9.17, 15) is 0 Å². The lowest BCUT2D eigenvalue weighted by atomic mass is 9.57. The third kappa shape index (κ3) is 1.54. The van der Waals surface area contributed by atoms with E-state index in [1.54, 1.807) is 11.1 Å². The number of hydrogen-bond acceptors (Lipinski definition) is 1. The van der Waals surface area contributed by atoms with Gasteiger partial charge in [0.2, 0.25) is 0 Å². The summed E-state index contributed by atoms with van der Waals surface area (Å²) in [6, 6.07) is 0. The molecule has 0 N–H and O–H groups in total. The van der Waals surface area contributed by atoms with Crippen LogP contribution in [0.25, 0.3) is 0 Å². The Kier molecular flexibility index (Phi) is 2.20. The number of hydrogen-bond donors (Lipinski definition) is 0. The molecule has 3 aliphatic rings. The monoisotopic (exact) mass is 234 g/mol. The Morgan fingerprint density at radius 2 is 1.82 bits per heavy atom. The standard InChI is InChI=1S/C16H26O/c1-6-15(4)8-7-14(2,3)12-10-16(5)13(17-16)9-11(12)15/h13H,6-10H2,1-5H3. The smallest absolute Gasteiger partial charge is 0.0960 e. The number of rotatable bonds is 1. The van der Waals surface area contributed by atoms with Crippen molar-refractivity contribution in [3.05, 3.63) is 11.1 Å². The molecule has 0 spiro atoms. The first kappa shape index (κ1) is 11.8. The van der Waals surface area contributed by atoms with Crippen molar-refractivity contribution in [2.45, 2.75) is 78.4 Å². The van der Waals surface area contributed by atoms with Crippen molar-refractivity contribution in [3.8, 4) is 0 Å². The molecule has 0 aromatic carbocycles. The Bertz CT molecular complexity index is 392. The van der Waals surface area contributed by atoms with Gasteiger partial charge in [-0.05, 0) is 43.4 Å². The average Bonchev–Trinajstić information content (AvgIpc) is 2.93. The summed E-state index contributed by atoms with van der Waals surface area (Å²) in [7, 11) is 0. The van der Waals surface area contributed by atoms with Gasteiger partial charge in [0.05, 0.1) is 11.7 Å². The van der Waals surface area contributed by atoms with Crippen LogP contribution in [0.2, 0.25) is 0 Å². The lowest BCUT2D eigenvalue weighted by Gasteiger charge is -2.47. The van der Waals surface area contributed by atoms with E-state index in [0.29, 0.717) is 16.9 Å². The highest BCUT2D eigenvalue weighted by Gasteiger charge is 2.59. The normalized spacial score (nSPS) is 47.5. The minimum Gasteiger partial charge on any atom is -0.366 e. The van der Waals surface area contributed by atoms with Crippen molar-refractivity contribution in [1.29, 1.82) is 0 Å². The molecule has 0 radical (unpaired) electrons. The van der Waals surface area contributed by atoms with Crippen LogP contribution in [0.15, 0.2) is 11.1 Å². The lowest BCUT2D eigenvalue weighted by Crippen LogP contribution is -2.37. The molecule has 1 heteroatoms. The van der Waals surface area contributed by atoms with Crippen molar-refractivity contribution in [3.63, 3.8) is 0 Å². The number of fused-ring (bicyclic) bond motifs is 1. The molecule has 3 unspecified atom stereocenters. The molecule has 0 amide bonds. The van der Waals surface area contributed by atoms with Gasteiger partial charge in [-0.2, -0.15) is 0 Å². The minimum atomic E-state index is 0.197. The van der Waals surface area contributed by atoms with Crippen LogP contribution in [0.1, 0.15) is 66.7 Å². The Morgan fingerprint density at radius 3 is 2.47 bits per heavy atom. The molecule has 1 heterocycles. The van der Waals surface area contributed by atoms with Crippen LogP contribution in [0.5, 0.6) is 0 Å². The second-order valence-corrected chi connectivity index (χ2v) is 7.56. The van der Waals surface area contributed by atoms with Crippen LogP contribution in [-0.4, -0.2) is 11.7 Å². The maximum atomic E-state index is 5.95. The minimum absolute atomic E-state index is 0.197. The summed E-state index contributed by atoms with van der Waals surface area (Å²) in [5.74, 6) is 0. The topological polar surface area (TPSA) is 12.5 Å². The van der Waals surface area contributed by atoms with E-state index in [1.165, 1.54) is 32.1 Å². The molecule has 0 aromatic rings. The van der Waals surface area contributed by atoms with Gasteiger partial charge in [-0.15, -0.1) is 0 Å². The van der Waals surface area contributed by atoms with Gasteiger partial charge >= 0.3 is 0 Å². The zero-order valence-corrected chi connectivity index (χ0v) is 12.0. The third-order valence-electron chi connectivity index (χ3n) is 5.94. The Balaban J connectivity index is 2.06. The SMILES string of the molecule is CCC1(C)CCC(C)(C)C2=C1CC1OC1(C)C2. The molecular weight excluding hydrogens is 208 g/mol. The fraction of sp³-hybridized carbons (Fsp3) is 0.875. The van der Waals surface area contributed by atoms with Crippen molar-refractivity contribution in [2.24, 2.45) is 10.8 Å². The van der Waals surface area contributed by atoms with Gasteiger partial charge in [0.1, 0.15) is 0 Å². The summed E-state index contributed by atoms with van der Waals surface area (Å²) >= 11 is 0. The van der Waals surface area contributed by atoms with Gasteiger partial charge in [-0.25, -0.2) is 0 Å². The van der Waals surface area contributed by atoms with E-state index >= 15 is 0 Å². The van der Waals surface area contributed by atoms with Crippen molar-refractivity contribution < 1.29 is 4.74 Å². The molecule has 96 valence electrons. The third-order valence-corrected chi connectivity index (χ3v) is 5.94. The quantitative estimate of drug-likeness (QED) is 0.481. The molecule has 0 bridgehead atoms. The largest absolute Gasteiger partial charge is 0.366 e. The molecule has 1 saturated heterocycles. The summed E-state index contributed by atoms with van der Waals surface area (Å²) in [5.41, 5.74) is 4.56. The molecule has 1 aliphatic heterocycles. The zero-order valence-electron chi connectivity index (χ0n) is 12.0. The van der Waals surface area contributed by atoms with Gasteiger partial charge in [0, 0.05) is 6.42 Å². The van der Waals surface area contributed by atoms with E-state index in [2.05, 4.69) is 34.6 Å². The lowest BCUT2D eigenvalue weighted by molar-refractivity contribution is 0.212. The Morgan fingerprint density at radius 1 is 1.12 bits per heavy atom. The van der Waals surface area contributed by atoms with Crippen molar-refractivity contribution in [2.75, 3.05) is 0 Å². The van der Waals surface area contributed by atoms with Gasteiger partial charge in [-0.1, -0.05) is 38.8 Å². The van der Waals surface area contributed by atoms with Crippen molar-refractivity contribution >= 4 is 0 Å². The molecule has 17 heavy (non-hydrogen) atoms. The second kappa shape index (κ2) is 3.17. The Hall–Kier alpha value is -0.300. The van der Waals surface area contributed by atoms with E-state index in [0.717, 1.165) is 0 Å². The van der Waals surface area contributed by atoms with Crippen molar-refractivity contribution in [1.82, 2.24) is 0 Å². The Labute approximate surface area is 106 Å². The molecule has 0 aromatic heterocycles. The van der Waals surface area contributed by atoms with Crippen LogP contribution < -0.4 is 0 Å². The predicted octanol–water partition coefficient (Wildman–Crippen LogP) is 4.47. The van der Waals surface area contributed by atoms with Crippen LogP contribution in [0, 0.1) is 10.8 Å². The number of epoxide rings is 1. The highest BCUT2D eigenvalue weighted by molar-refractivity contribution is 5.37. The molecule has 1 nitrogen and oxygen atoms in total. The molecule has 1 fully saturated rings. The molecule has 3 rings (SSSR count). The molecule has 0 saturated carbocycles. The number of ether oxygens (including phenoxy) is 1. The van der Waals surface area contributed by atoms with Gasteiger partial charge in [0.25, 0.3) is 0 Å². The summed E-state index contributed by atoms with van der Waals surface area (Å²) in [5, 5.41) is 0. The van der Waals surface area contributed by atoms with E-state index in [1.807, 2.05) is 0 Å². The highest BCUT2D eigenvalue weighted by Crippen LogP contribution is 2.61. The maximum Gasteiger partial charge on any atom is 0.0960 e. The van der Waals surface area contributed by atoms with E-state index in [4.69, 9.17) is 4.74 Å². The fourth-order valence-electron chi connectivity index (χ4n) is 4.01. The van der Waals surface area contributed by atoms with Crippen LogP contribution >= 0.6 is 0 Å². The predicted molar refractivity (Wildman–Crippen MR) is 71.0 cm³/mol. The molecule has 2 aliphatic carbocycles. The first-order valence-corrected chi connectivity index (χ1v) is 7.22. The molecule has 3 atom stereocenters. The fourth-order valence-corrected chi connectivity index (χ4v) is 4.01. The summed E-state index contributed by atoms with van der Waals surface area (Å²) in [6.45, 7) is 12.0. The van der Waals surface area contributed by atoms with E-state index < -0.39 is 0 Å². The first-order valence-electron chi connectivity index (χ1n) is 7.22. The summed E-state index contributed by atoms with van der Waals surface area (Å²) in [6.07, 6.45) is 6.91. The van der Waals surface area contributed by atoms with E-state index in [-0.39, 0.29) is 5.60 Å².